The van der Waals surface area contributed by atoms with Gasteiger partial charge in [0.15, 0.2) is 5.78 Å². The number of aryl methyl sites for hydroxylation is 1. The summed E-state index contributed by atoms with van der Waals surface area (Å²) in [6, 6.07) is 5.74. The van der Waals surface area contributed by atoms with E-state index in [1.807, 2.05) is 25.1 Å². The summed E-state index contributed by atoms with van der Waals surface area (Å²) < 4.78 is 0. The van der Waals surface area contributed by atoms with Crippen LogP contribution in [0.4, 0.5) is 0 Å². The topological polar surface area (TPSA) is 17.1 Å². The summed E-state index contributed by atoms with van der Waals surface area (Å²) in [4.78, 5) is 12.5. The molecule has 1 aliphatic carbocycles. The molecule has 0 spiro atoms. The zero-order chi connectivity index (χ0) is 13.1. The van der Waals surface area contributed by atoms with Crippen molar-refractivity contribution < 1.29 is 4.79 Å². The minimum Gasteiger partial charge on any atom is -0.294 e. The molecule has 0 unspecified atom stereocenters. The molecule has 1 aromatic rings. The maximum atomic E-state index is 12.5. The van der Waals surface area contributed by atoms with Crippen LogP contribution in [0, 0.1) is 18.8 Å². The summed E-state index contributed by atoms with van der Waals surface area (Å²) in [5.74, 6) is 1.26. The van der Waals surface area contributed by atoms with Crippen molar-refractivity contribution in [2.75, 3.05) is 0 Å². The van der Waals surface area contributed by atoms with Gasteiger partial charge in [-0.2, -0.15) is 0 Å². The zero-order valence-corrected chi connectivity index (χ0v) is 12.0. The van der Waals surface area contributed by atoms with Crippen LogP contribution in [0.2, 0.25) is 5.02 Å². The average molecular weight is 265 g/mol. The monoisotopic (exact) mass is 264 g/mol. The second-order valence-electron chi connectivity index (χ2n) is 5.43. The Morgan fingerprint density at radius 1 is 1.28 bits per heavy atom. The number of rotatable bonds is 3. The van der Waals surface area contributed by atoms with E-state index < -0.39 is 0 Å². The van der Waals surface area contributed by atoms with E-state index in [-0.39, 0.29) is 11.7 Å². The molecule has 0 aromatic heterocycles. The lowest BCUT2D eigenvalue weighted by Gasteiger charge is -2.27. The largest absolute Gasteiger partial charge is 0.294 e. The maximum Gasteiger partial charge on any atom is 0.167 e. The second-order valence-corrected chi connectivity index (χ2v) is 5.80. The highest BCUT2D eigenvalue weighted by Crippen LogP contribution is 2.34. The van der Waals surface area contributed by atoms with E-state index in [0.717, 1.165) is 29.9 Å². The Bertz CT molecular complexity index is 431. The van der Waals surface area contributed by atoms with Crippen LogP contribution in [0.15, 0.2) is 18.2 Å². The number of carbonyl (C=O) groups excluding carboxylic acids is 1. The van der Waals surface area contributed by atoms with Crippen LogP contribution in [0.3, 0.4) is 0 Å². The van der Waals surface area contributed by atoms with Crippen molar-refractivity contribution in [1.29, 1.82) is 0 Å². The fourth-order valence-electron chi connectivity index (χ4n) is 2.89. The molecule has 98 valence electrons. The second kappa shape index (κ2) is 5.88. The summed E-state index contributed by atoms with van der Waals surface area (Å²) in [5, 5.41) is 0.639. The van der Waals surface area contributed by atoms with Crippen molar-refractivity contribution in [2.45, 2.75) is 46.0 Å². The number of Topliss-reactive ketones (excluding diaryl/α,β-unsaturated/α-hetero) is 1. The third-order valence-corrected chi connectivity index (χ3v) is 4.75. The summed E-state index contributed by atoms with van der Waals surface area (Å²) >= 11 is 6.24. The molecular weight excluding hydrogens is 244 g/mol. The van der Waals surface area contributed by atoms with Gasteiger partial charge in [-0.15, -0.1) is 0 Å². The van der Waals surface area contributed by atoms with E-state index in [0.29, 0.717) is 5.02 Å². The lowest BCUT2D eigenvalue weighted by atomic mass is 9.77. The molecule has 0 radical (unpaired) electrons. The highest BCUT2D eigenvalue weighted by atomic mass is 35.5. The van der Waals surface area contributed by atoms with Crippen LogP contribution in [-0.2, 0) is 0 Å². The number of halogens is 1. The Kier molecular flexibility index (Phi) is 4.45. The molecule has 0 heterocycles. The molecule has 0 saturated heterocycles. The zero-order valence-electron chi connectivity index (χ0n) is 11.2. The molecule has 2 heteroatoms. The number of benzene rings is 1. The number of hydrogen-bond donors (Lipinski definition) is 0. The van der Waals surface area contributed by atoms with Gasteiger partial charge in [-0.05, 0) is 50.2 Å². The summed E-state index contributed by atoms with van der Waals surface area (Å²) in [5.41, 5.74) is 1.71. The van der Waals surface area contributed by atoms with Gasteiger partial charge in [0, 0.05) is 11.5 Å². The molecule has 18 heavy (non-hydrogen) atoms. The highest BCUT2D eigenvalue weighted by Gasteiger charge is 2.27. The van der Waals surface area contributed by atoms with Crippen LogP contribution < -0.4 is 0 Å². The van der Waals surface area contributed by atoms with Crippen LogP contribution in [0.5, 0.6) is 0 Å². The smallest absolute Gasteiger partial charge is 0.167 e. The van der Waals surface area contributed by atoms with Crippen LogP contribution in [0.25, 0.3) is 0 Å². The van der Waals surface area contributed by atoms with Gasteiger partial charge in [-0.1, -0.05) is 37.1 Å². The van der Waals surface area contributed by atoms with Crippen molar-refractivity contribution >= 4 is 17.4 Å². The van der Waals surface area contributed by atoms with E-state index in [1.54, 1.807) is 0 Å². The van der Waals surface area contributed by atoms with E-state index in [1.165, 1.54) is 19.3 Å². The first-order chi connectivity index (χ1) is 8.63. The van der Waals surface area contributed by atoms with Crippen molar-refractivity contribution in [2.24, 2.45) is 11.8 Å². The van der Waals surface area contributed by atoms with E-state index in [4.69, 9.17) is 11.6 Å². The van der Waals surface area contributed by atoms with E-state index >= 15 is 0 Å². The summed E-state index contributed by atoms with van der Waals surface area (Å²) in [6.07, 6.45) is 5.68. The first kappa shape index (κ1) is 13.6. The minimum atomic E-state index is 0.187. The lowest BCUT2D eigenvalue weighted by molar-refractivity contribution is 0.0871. The Morgan fingerprint density at radius 3 is 2.56 bits per heavy atom. The molecule has 0 atom stereocenters. The van der Waals surface area contributed by atoms with Gasteiger partial charge in [0.25, 0.3) is 0 Å². The van der Waals surface area contributed by atoms with Gasteiger partial charge in [0.05, 0.1) is 5.02 Å². The Morgan fingerprint density at radius 2 is 1.94 bits per heavy atom. The van der Waals surface area contributed by atoms with Gasteiger partial charge >= 0.3 is 0 Å². The van der Waals surface area contributed by atoms with E-state index in [9.17, 15) is 4.79 Å². The first-order valence-electron chi connectivity index (χ1n) is 6.92. The molecule has 0 N–H and O–H groups in total. The molecule has 1 aliphatic rings. The maximum absolute atomic E-state index is 12.5. The standard InChI is InChI=1S/C16H21ClO/c1-3-12-7-9-13(10-8-12)16(18)14-6-4-5-11(2)15(14)17/h4-6,12-13H,3,7-10H2,1-2H3. The number of hydrogen-bond acceptors (Lipinski definition) is 1. The van der Waals surface area contributed by atoms with Crippen molar-refractivity contribution in [1.82, 2.24) is 0 Å². The van der Waals surface area contributed by atoms with Gasteiger partial charge in [0.1, 0.15) is 0 Å². The third-order valence-electron chi connectivity index (χ3n) is 4.25. The highest BCUT2D eigenvalue weighted by molar-refractivity contribution is 6.34. The van der Waals surface area contributed by atoms with Gasteiger partial charge < -0.3 is 0 Å². The number of carbonyl (C=O) groups is 1. The fraction of sp³-hybridized carbons (Fsp3) is 0.562. The molecule has 0 aliphatic heterocycles. The van der Waals surface area contributed by atoms with Crippen molar-refractivity contribution in [3.63, 3.8) is 0 Å². The molecule has 1 fully saturated rings. The Balaban J connectivity index is 2.10. The minimum absolute atomic E-state index is 0.187. The van der Waals surface area contributed by atoms with Crippen molar-refractivity contribution in [3.05, 3.63) is 34.3 Å². The van der Waals surface area contributed by atoms with Crippen LogP contribution >= 0.6 is 11.6 Å². The lowest BCUT2D eigenvalue weighted by Crippen LogP contribution is -2.22. The molecule has 0 amide bonds. The van der Waals surface area contributed by atoms with E-state index in [2.05, 4.69) is 6.92 Å². The SMILES string of the molecule is CCC1CCC(C(=O)c2cccc(C)c2Cl)CC1. The molecule has 1 saturated carbocycles. The summed E-state index contributed by atoms with van der Waals surface area (Å²) in [6.45, 7) is 4.19. The van der Waals surface area contributed by atoms with Crippen molar-refractivity contribution in [3.8, 4) is 0 Å². The Hall–Kier alpha value is -0.820. The first-order valence-corrected chi connectivity index (χ1v) is 7.30. The molecule has 1 aromatic carbocycles. The predicted molar refractivity (Wildman–Crippen MR) is 76.3 cm³/mol. The molecular formula is C16H21ClO. The third kappa shape index (κ3) is 2.77. The quantitative estimate of drug-likeness (QED) is 0.699. The van der Waals surface area contributed by atoms with Crippen LogP contribution in [-0.4, -0.2) is 5.78 Å². The molecule has 1 nitrogen and oxygen atoms in total. The Labute approximate surface area is 115 Å². The fourth-order valence-corrected chi connectivity index (χ4v) is 3.11. The number of ketones is 1. The predicted octanol–water partition coefficient (Wildman–Crippen LogP) is 5.05. The normalized spacial score (nSPS) is 23.9. The molecule has 2 rings (SSSR count). The average Bonchev–Trinajstić information content (AvgIpc) is 2.41. The van der Waals surface area contributed by atoms with Crippen LogP contribution in [0.1, 0.15) is 54.9 Å². The van der Waals surface area contributed by atoms with Gasteiger partial charge in [-0.25, -0.2) is 0 Å². The van der Waals surface area contributed by atoms with Gasteiger partial charge in [-0.3, -0.25) is 4.79 Å². The molecule has 0 bridgehead atoms. The van der Waals surface area contributed by atoms with Gasteiger partial charge in [0.2, 0.25) is 0 Å². The summed E-state index contributed by atoms with van der Waals surface area (Å²) in [7, 11) is 0.